The second-order valence-corrected chi connectivity index (χ2v) is 6.13. The molecule has 0 aliphatic rings. The first-order valence-electron chi connectivity index (χ1n) is 6.73. The molecule has 0 atom stereocenters. The van der Waals surface area contributed by atoms with Crippen LogP contribution < -0.4 is 5.32 Å². The fourth-order valence-corrected chi connectivity index (χ4v) is 3.31. The highest BCUT2D eigenvalue weighted by molar-refractivity contribution is 7.99. The summed E-state index contributed by atoms with van der Waals surface area (Å²) in [5, 5.41) is 22.6. The number of hydrogen-bond acceptors (Lipinski definition) is 6. The number of amides is 1. The van der Waals surface area contributed by atoms with E-state index in [9.17, 15) is 4.79 Å². The molecule has 0 spiro atoms. The fraction of sp³-hybridized carbons (Fsp3) is 0.462. The van der Waals surface area contributed by atoms with Crippen LogP contribution in [0.4, 0.5) is 0 Å². The normalized spacial score (nSPS) is 10.8. The van der Waals surface area contributed by atoms with Crippen LogP contribution in [0.25, 0.3) is 10.7 Å². The van der Waals surface area contributed by atoms with Crippen molar-refractivity contribution in [2.24, 2.45) is 0 Å². The van der Waals surface area contributed by atoms with Crippen molar-refractivity contribution in [3.05, 3.63) is 17.5 Å². The maximum absolute atomic E-state index is 11.7. The van der Waals surface area contributed by atoms with Crippen molar-refractivity contribution in [2.75, 3.05) is 18.9 Å². The number of thioether (sulfide) groups is 1. The lowest BCUT2D eigenvalue weighted by Gasteiger charge is -2.06. The predicted molar refractivity (Wildman–Crippen MR) is 84.4 cm³/mol. The van der Waals surface area contributed by atoms with Gasteiger partial charge >= 0.3 is 0 Å². The molecule has 2 rings (SSSR count). The zero-order valence-electron chi connectivity index (χ0n) is 11.8. The van der Waals surface area contributed by atoms with E-state index in [1.807, 2.05) is 29.0 Å². The lowest BCUT2D eigenvalue weighted by molar-refractivity contribution is -0.118. The molecule has 0 radical (unpaired) electrons. The van der Waals surface area contributed by atoms with E-state index in [4.69, 9.17) is 5.11 Å². The van der Waals surface area contributed by atoms with E-state index in [1.54, 1.807) is 11.3 Å². The van der Waals surface area contributed by atoms with Gasteiger partial charge in [-0.05, 0) is 24.8 Å². The Kier molecular flexibility index (Phi) is 6.21. The molecule has 21 heavy (non-hydrogen) atoms. The minimum atomic E-state index is -0.0585. The summed E-state index contributed by atoms with van der Waals surface area (Å²) < 4.78 is 2.01. The van der Waals surface area contributed by atoms with Gasteiger partial charge in [0, 0.05) is 19.7 Å². The Labute approximate surface area is 131 Å². The van der Waals surface area contributed by atoms with Gasteiger partial charge < -0.3 is 15.0 Å². The topological polar surface area (TPSA) is 80.0 Å². The first kappa shape index (κ1) is 16.0. The van der Waals surface area contributed by atoms with Gasteiger partial charge in [-0.2, -0.15) is 0 Å². The van der Waals surface area contributed by atoms with Gasteiger partial charge in [0.2, 0.25) is 5.91 Å². The van der Waals surface area contributed by atoms with Gasteiger partial charge in [0.1, 0.15) is 0 Å². The number of hydrogen-bond donors (Lipinski definition) is 2. The molecule has 0 fully saturated rings. The summed E-state index contributed by atoms with van der Waals surface area (Å²) in [5.74, 6) is 1.08. The van der Waals surface area contributed by atoms with Gasteiger partial charge in [-0.1, -0.05) is 17.8 Å². The van der Waals surface area contributed by atoms with Crippen molar-refractivity contribution in [3.8, 4) is 10.7 Å². The van der Waals surface area contributed by atoms with Gasteiger partial charge in [-0.15, -0.1) is 21.5 Å². The highest BCUT2D eigenvalue weighted by Crippen LogP contribution is 2.26. The number of aromatic nitrogens is 3. The van der Waals surface area contributed by atoms with E-state index in [-0.39, 0.29) is 12.5 Å². The van der Waals surface area contributed by atoms with Crippen LogP contribution in [0.15, 0.2) is 22.7 Å². The summed E-state index contributed by atoms with van der Waals surface area (Å²) >= 11 is 3.00. The van der Waals surface area contributed by atoms with Crippen LogP contribution in [0.1, 0.15) is 13.3 Å². The summed E-state index contributed by atoms with van der Waals surface area (Å²) in [6, 6.07) is 3.99. The molecule has 1 amide bonds. The quantitative estimate of drug-likeness (QED) is 0.569. The summed E-state index contributed by atoms with van der Waals surface area (Å²) in [7, 11) is 0. The first-order chi connectivity index (χ1) is 10.3. The van der Waals surface area contributed by atoms with Crippen LogP contribution in [0.3, 0.4) is 0 Å². The molecule has 6 nitrogen and oxygen atoms in total. The van der Waals surface area contributed by atoms with E-state index < -0.39 is 0 Å². The van der Waals surface area contributed by atoms with Crippen molar-refractivity contribution < 1.29 is 9.90 Å². The molecule has 0 saturated heterocycles. The number of carbonyl (C=O) groups excluding carboxylic acids is 1. The molecule has 0 saturated carbocycles. The average molecular weight is 326 g/mol. The van der Waals surface area contributed by atoms with Crippen molar-refractivity contribution in [1.82, 2.24) is 20.1 Å². The van der Waals surface area contributed by atoms with Crippen molar-refractivity contribution in [2.45, 2.75) is 25.0 Å². The number of nitrogens with zero attached hydrogens (tertiary/aromatic N) is 3. The maximum Gasteiger partial charge on any atom is 0.230 e. The lowest BCUT2D eigenvalue weighted by atomic mass is 10.4. The number of nitrogens with one attached hydrogen (secondary N) is 1. The first-order valence-corrected chi connectivity index (χ1v) is 8.60. The Balaban J connectivity index is 1.96. The molecule has 2 aromatic heterocycles. The number of aliphatic hydroxyl groups excluding tert-OH is 1. The van der Waals surface area contributed by atoms with Crippen LogP contribution >= 0.6 is 23.1 Å². The van der Waals surface area contributed by atoms with Gasteiger partial charge in [0.15, 0.2) is 11.0 Å². The zero-order valence-corrected chi connectivity index (χ0v) is 13.4. The highest BCUT2D eigenvalue weighted by Gasteiger charge is 2.14. The largest absolute Gasteiger partial charge is 0.396 e. The van der Waals surface area contributed by atoms with Crippen LogP contribution in [0.2, 0.25) is 0 Å². The van der Waals surface area contributed by atoms with E-state index in [0.717, 1.165) is 22.4 Å². The van der Waals surface area contributed by atoms with E-state index in [2.05, 4.69) is 15.5 Å². The standard InChI is InChI=1S/C13H18N4O2S2/c1-2-17-12(10-5-3-8-20-10)15-16-13(17)21-9-11(19)14-6-4-7-18/h3,5,8,18H,2,4,6-7,9H2,1H3,(H,14,19). The Morgan fingerprint density at radius 2 is 2.38 bits per heavy atom. The summed E-state index contributed by atoms with van der Waals surface area (Å²) in [5.41, 5.74) is 0. The van der Waals surface area contributed by atoms with Crippen molar-refractivity contribution >= 4 is 29.0 Å². The monoisotopic (exact) mass is 326 g/mol. The molecule has 0 bridgehead atoms. The van der Waals surface area contributed by atoms with Crippen molar-refractivity contribution in [3.63, 3.8) is 0 Å². The molecule has 0 unspecified atom stereocenters. The maximum atomic E-state index is 11.7. The molecule has 0 aliphatic carbocycles. The Morgan fingerprint density at radius 3 is 3.05 bits per heavy atom. The lowest BCUT2D eigenvalue weighted by Crippen LogP contribution is -2.26. The molecule has 2 heterocycles. The average Bonchev–Trinajstić information content (AvgIpc) is 3.13. The second-order valence-electron chi connectivity index (χ2n) is 4.24. The molecule has 114 valence electrons. The zero-order chi connectivity index (χ0) is 15.1. The smallest absolute Gasteiger partial charge is 0.230 e. The molecule has 2 N–H and O–H groups in total. The third-order valence-electron chi connectivity index (χ3n) is 2.76. The van der Waals surface area contributed by atoms with Crippen LogP contribution in [0.5, 0.6) is 0 Å². The third kappa shape index (κ3) is 4.29. The van der Waals surface area contributed by atoms with Crippen LogP contribution in [-0.2, 0) is 11.3 Å². The fourth-order valence-electron chi connectivity index (χ4n) is 1.76. The molecule has 0 aromatic carbocycles. The molecule has 0 aliphatic heterocycles. The van der Waals surface area contributed by atoms with Crippen molar-refractivity contribution in [1.29, 1.82) is 0 Å². The van der Waals surface area contributed by atoms with Crippen LogP contribution in [0, 0.1) is 0 Å². The van der Waals surface area contributed by atoms with Gasteiger partial charge in [0.25, 0.3) is 0 Å². The highest BCUT2D eigenvalue weighted by atomic mass is 32.2. The number of aliphatic hydroxyl groups is 1. The second kappa shape index (κ2) is 8.16. The summed E-state index contributed by atoms with van der Waals surface area (Å²) in [6.07, 6.45) is 0.573. The van der Waals surface area contributed by atoms with Gasteiger partial charge in [0.05, 0.1) is 10.6 Å². The predicted octanol–water partition coefficient (Wildman–Crippen LogP) is 1.62. The SMILES string of the molecule is CCn1c(SCC(=O)NCCCO)nnc1-c1cccs1. The Morgan fingerprint density at radius 1 is 1.52 bits per heavy atom. The Bertz CT molecular complexity index is 569. The number of carbonyl (C=O) groups is 1. The minimum absolute atomic E-state index is 0.0585. The minimum Gasteiger partial charge on any atom is -0.396 e. The van der Waals surface area contributed by atoms with E-state index in [1.165, 1.54) is 11.8 Å². The molecular weight excluding hydrogens is 308 g/mol. The summed E-state index contributed by atoms with van der Waals surface area (Å²) in [6.45, 7) is 3.37. The van der Waals surface area contributed by atoms with E-state index in [0.29, 0.717) is 18.7 Å². The molecule has 8 heteroatoms. The van der Waals surface area contributed by atoms with E-state index >= 15 is 0 Å². The molecular formula is C13H18N4O2S2. The third-order valence-corrected chi connectivity index (χ3v) is 4.60. The Hall–Kier alpha value is -1.38. The van der Waals surface area contributed by atoms with Gasteiger partial charge in [-0.25, -0.2) is 0 Å². The summed E-state index contributed by atoms with van der Waals surface area (Å²) in [4.78, 5) is 12.7. The number of thiophene rings is 1. The number of rotatable bonds is 8. The molecule has 2 aromatic rings. The van der Waals surface area contributed by atoms with Crippen LogP contribution in [-0.4, -0.2) is 44.7 Å². The van der Waals surface area contributed by atoms with Gasteiger partial charge in [-0.3, -0.25) is 4.79 Å².